The zero-order valence-electron chi connectivity index (χ0n) is 17.2. The molecular weight excluding hydrogens is 391 g/mol. The average Bonchev–Trinajstić information content (AvgIpc) is 2.98. The first-order valence-corrected chi connectivity index (χ1v) is 9.88. The van der Waals surface area contributed by atoms with E-state index >= 15 is 0 Å². The number of aromatic nitrogens is 2. The number of likely N-dealkylation sites (N-methyl/N-ethyl adjacent to an activating group) is 1. The van der Waals surface area contributed by atoms with Crippen molar-refractivity contribution in [1.82, 2.24) is 14.9 Å². The third-order valence-electron chi connectivity index (χ3n) is 5.71. The van der Waals surface area contributed by atoms with Gasteiger partial charge in [-0.05, 0) is 24.6 Å². The van der Waals surface area contributed by atoms with Gasteiger partial charge in [-0.25, -0.2) is 14.4 Å². The number of rotatable bonds is 5. The number of piperidine rings is 1. The highest BCUT2D eigenvalue weighted by atomic mass is 19.1. The molecule has 4 heterocycles. The molecule has 0 saturated carbocycles. The van der Waals surface area contributed by atoms with Crippen LogP contribution in [0.4, 0.5) is 10.2 Å². The predicted octanol–water partition coefficient (Wildman–Crippen LogP) is 1.91. The van der Waals surface area contributed by atoms with Crippen LogP contribution in [0, 0.1) is 6.92 Å². The fourth-order valence-electron chi connectivity index (χ4n) is 4.03. The number of hydrogen-bond acceptors (Lipinski definition) is 7. The number of hydrogen-bond donors (Lipinski definition) is 1. The zero-order chi connectivity index (χ0) is 21.4. The SMILES string of the molecule is COc1ccc(O[C@@H]2CCN(c3nc4c(cc3C)C(=O)N(C)[C@H]4CO)C[C@H]2F)cn1. The van der Waals surface area contributed by atoms with E-state index < -0.39 is 18.3 Å². The number of pyridine rings is 2. The molecule has 0 bridgehead atoms. The first-order valence-electron chi connectivity index (χ1n) is 9.88. The fourth-order valence-corrected chi connectivity index (χ4v) is 4.03. The summed E-state index contributed by atoms with van der Waals surface area (Å²) in [7, 11) is 3.18. The number of fused-ring (bicyclic) bond motifs is 1. The second-order valence-corrected chi connectivity index (χ2v) is 7.62. The van der Waals surface area contributed by atoms with Crippen LogP contribution in [0.3, 0.4) is 0 Å². The lowest BCUT2D eigenvalue weighted by Gasteiger charge is -2.36. The van der Waals surface area contributed by atoms with Crippen LogP contribution in [0.2, 0.25) is 0 Å². The van der Waals surface area contributed by atoms with E-state index in [9.17, 15) is 14.3 Å². The molecule has 0 aromatic carbocycles. The minimum absolute atomic E-state index is 0.133. The van der Waals surface area contributed by atoms with Crippen molar-refractivity contribution < 1.29 is 23.8 Å². The first-order chi connectivity index (χ1) is 14.4. The van der Waals surface area contributed by atoms with Gasteiger partial charge in [-0.3, -0.25) is 4.79 Å². The standard InChI is InChI=1S/C21H25FN4O4/c1-12-8-14-19(16(11-27)25(2)21(14)28)24-20(12)26-7-6-17(15(22)10-26)30-13-4-5-18(29-3)23-9-13/h4-5,8-9,15-17,27H,6-7,10-11H2,1-3H3/t15-,16+,17-/m1/s1. The lowest BCUT2D eigenvalue weighted by atomic mass is 10.0. The number of anilines is 1. The van der Waals surface area contributed by atoms with Gasteiger partial charge in [0, 0.05) is 26.1 Å². The Morgan fingerprint density at radius 2 is 2.17 bits per heavy atom. The molecule has 2 aliphatic rings. The summed E-state index contributed by atoms with van der Waals surface area (Å²) >= 11 is 0. The molecule has 2 aromatic rings. The highest BCUT2D eigenvalue weighted by Crippen LogP contribution is 2.35. The van der Waals surface area contributed by atoms with Crippen LogP contribution < -0.4 is 14.4 Å². The monoisotopic (exact) mass is 416 g/mol. The van der Waals surface area contributed by atoms with Gasteiger partial charge in [0.15, 0.2) is 6.17 Å². The number of aliphatic hydroxyl groups is 1. The average molecular weight is 416 g/mol. The Hall–Kier alpha value is -2.94. The van der Waals surface area contributed by atoms with Crippen LogP contribution in [-0.4, -0.2) is 72.0 Å². The summed E-state index contributed by atoms with van der Waals surface area (Å²) in [4.78, 5) is 24.5. The Morgan fingerprint density at radius 3 is 2.80 bits per heavy atom. The first kappa shape index (κ1) is 20.3. The lowest BCUT2D eigenvalue weighted by Crippen LogP contribution is -2.47. The highest BCUT2D eigenvalue weighted by molar-refractivity contribution is 5.99. The molecule has 1 N–H and O–H groups in total. The molecule has 160 valence electrons. The molecule has 0 spiro atoms. The molecule has 0 aliphatic carbocycles. The molecule has 0 unspecified atom stereocenters. The number of amides is 1. The summed E-state index contributed by atoms with van der Waals surface area (Å²) in [6, 6.07) is 4.69. The van der Waals surface area contributed by atoms with E-state index in [1.54, 1.807) is 25.2 Å². The summed E-state index contributed by atoms with van der Waals surface area (Å²) < 4.78 is 25.8. The second kappa shape index (κ2) is 8.06. The smallest absolute Gasteiger partial charge is 0.256 e. The maximum atomic E-state index is 14.9. The topological polar surface area (TPSA) is 88.0 Å². The minimum Gasteiger partial charge on any atom is -0.486 e. The largest absolute Gasteiger partial charge is 0.486 e. The van der Waals surface area contributed by atoms with Gasteiger partial charge < -0.3 is 24.4 Å². The van der Waals surface area contributed by atoms with Gasteiger partial charge in [0.05, 0.1) is 43.8 Å². The van der Waals surface area contributed by atoms with Crippen LogP contribution in [0.25, 0.3) is 0 Å². The number of ether oxygens (including phenoxy) is 2. The summed E-state index contributed by atoms with van der Waals surface area (Å²) in [5.41, 5.74) is 1.85. The molecule has 2 aliphatic heterocycles. The Morgan fingerprint density at radius 1 is 1.37 bits per heavy atom. The van der Waals surface area contributed by atoms with Crippen molar-refractivity contribution in [3.05, 3.63) is 41.2 Å². The third kappa shape index (κ3) is 3.54. The third-order valence-corrected chi connectivity index (χ3v) is 5.71. The van der Waals surface area contributed by atoms with Crippen molar-refractivity contribution in [2.24, 2.45) is 0 Å². The molecular formula is C21H25FN4O4. The fraction of sp³-hybridized carbons (Fsp3) is 0.476. The Balaban J connectivity index is 1.49. The van der Waals surface area contributed by atoms with Gasteiger partial charge in [-0.1, -0.05) is 0 Å². The molecule has 0 radical (unpaired) electrons. The number of halogens is 1. The number of aliphatic hydroxyl groups excluding tert-OH is 1. The van der Waals surface area contributed by atoms with Crippen molar-refractivity contribution >= 4 is 11.7 Å². The van der Waals surface area contributed by atoms with E-state index in [1.807, 2.05) is 11.8 Å². The molecule has 3 atom stereocenters. The second-order valence-electron chi connectivity index (χ2n) is 7.62. The Bertz CT molecular complexity index is 939. The van der Waals surface area contributed by atoms with E-state index in [0.717, 1.165) is 5.56 Å². The quantitative estimate of drug-likeness (QED) is 0.797. The highest BCUT2D eigenvalue weighted by Gasteiger charge is 2.38. The summed E-state index contributed by atoms with van der Waals surface area (Å²) in [6.07, 6.45) is 0.206. The van der Waals surface area contributed by atoms with Crippen molar-refractivity contribution in [1.29, 1.82) is 0 Å². The van der Waals surface area contributed by atoms with E-state index in [4.69, 9.17) is 9.47 Å². The van der Waals surface area contributed by atoms with Crippen molar-refractivity contribution in [3.63, 3.8) is 0 Å². The molecule has 1 saturated heterocycles. The molecule has 30 heavy (non-hydrogen) atoms. The maximum Gasteiger partial charge on any atom is 0.256 e. The number of alkyl halides is 1. The number of nitrogens with zero attached hydrogens (tertiary/aromatic N) is 4. The van der Waals surface area contributed by atoms with Gasteiger partial charge in [-0.2, -0.15) is 0 Å². The minimum atomic E-state index is -1.21. The Labute approximate surface area is 174 Å². The Kier molecular flexibility index (Phi) is 5.46. The zero-order valence-corrected chi connectivity index (χ0v) is 17.2. The van der Waals surface area contributed by atoms with Crippen molar-refractivity contribution in [2.75, 3.05) is 38.8 Å². The van der Waals surface area contributed by atoms with Crippen LogP contribution >= 0.6 is 0 Å². The number of aryl methyl sites for hydroxylation is 1. The molecule has 1 fully saturated rings. The normalized spacial score (nSPS) is 23.5. The van der Waals surface area contributed by atoms with Gasteiger partial charge in [0.1, 0.15) is 17.7 Å². The molecule has 4 rings (SSSR count). The molecule has 8 nitrogen and oxygen atoms in total. The lowest BCUT2D eigenvalue weighted by molar-refractivity contribution is 0.0714. The van der Waals surface area contributed by atoms with Gasteiger partial charge >= 0.3 is 0 Å². The summed E-state index contributed by atoms with van der Waals surface area (Å²) in [6.45, 7) is 2.35. The van der Waals surface area contributed by atoms with Gasteiger partial charge in [0.25, 0.3) is 5.91 Å². The number of carbonyl (C=O) groups excluding carboxylic acids is 1. The van der Waals surface area contributed by atoms with Crippen molar-refractivity contribution in [3.8, 4) is 11.6 Å². The van der Waals surface area contributed by atoms with Crippen molar-refractivity contribution in [2.45, 2.75) is 31.7 Å². The predicted molar refractivity (Wildman–Crippen MR) is 108 cm³/mol. The molecule has 2 aromatic heterocycles. The van der Waals surface area contributed by atoms with Crippen LogP contribution in [0.1, 0.15) is 34.1 Å². The van der Waals surface area contributed by atoms with Gasteiger partial charge in [-0.15, -0.1) is 0 Å². The van der Waals surface area contributed by atoms with E-state index in [2.05, 4.69) is 9.97 Å². The van der Waals surface area contributed by atoms with E-state index in [1.165, 1.54) is 18.2 Å². The van der Waals surface area contributed by atoms with Crippen LogP contribution in [0.5, 0.6) is 11.6 Å². The summed E-state index contributed by atoms with van der Waals surface area (Å²) in [5.74, 6) is 1.45. The molecule has 9 heteroatoms. The number of carbonyl (C=O) groups is 1. The summed E-state index contributed by atoms with van der Waals surface area (Å²) in [5, 5.41) is 9.68. The van der Waals surface area contributed by atoms with E-state index in [-0.39, 0.29) is 19.1 Å². The van der Waals surface area contributed by atoms with E-state index in [0.29, 0.717) is 41.7 Å². The van der Waals surface area contributed by atoms with Crippen LogP contribution in [-0.2, 0) is 0 Å². The number of methoxy groups -OCH3 is 1. The van der Waals surface area contributed by atoms with Crippen LogP contribution in [0.15, 0.2) is 24.4 Å². The van der Waals surface area contributed by atoms with Gasteiger partial charge in [0.2, 0.25) is 5.88 Å². The maximum absolute atomic E-state index is 14.9. The molecule has 1 amide bonds.